The minimum Gasteiger partial charge on any atom is -0.664 e. The summed E-state index contributed by atoms with van der Waals surface area (Å²) in [6, 6.07) is 0. The molecule has 0 radical (unpaired) electrons. The second kappa shape index (κ2) is 11.0. The van der Waals surface area contributed by atoms with Crippen LogP contribution < -0.4 is 25.7 Å². The van der Waals surface area contributed by atoms with Gasteiger partial charge in [-0.15, -0.1) is 33.5 Å². The number of esters is 1. The summed E-state index contributed by atoms with van der Waals surface area (Å²) in [6.07, 6.45) is 9.15. The number of ether oxygens (including phenoxy) is 1. The van der Waals surface area contributed by atoms with Crippen molar-refractivity contribution in [3.63, 3.8) is 0 Å². The van der Waals surface area contributed by atoms with Crippen molar-refractivity contribution in [1.82, 2.24) is 15.0 Å². The van der Waals surface area contributed by atoms with Gasteiger partial charge in [-0.3, -0.25) is 9.59 Å². The van der Waals surface area contributed by atoms with Crippen LogP contribution in [0.1, 0.15) is 81.2 Å². The largest absolute Gasteiger partial charge is 2.00 e. The maximum absolute atomic E-state index is 13.9. The summed E-state index contributed by atoms with van der Waals surface area (Å²) >= 11 is 0. The van der Waals surface area contributed by atoms with Crippen LogP contribution in [0.3, 0.4) is 0 Å². The molecule has 0 aromatic carbocycles. The molecular weight excluding hydrogens is 537 g/mol. The fourth-order valence-electron chi connectivity index (χ4n) is 6.65. The molecule has 212 valence electrons. The predicted molar refractivity (Wildman–Crippen MR) is 166 cm³/mol. The van der Waals surface area contributed by atoms with Gasteiger partial charge in [0.15, 0.2) is 5.78 Å². The van der Waals surface area contributed by atoms with Gasteiger partial charge in [-0.1, -0.05) is 78.5 Å². The Balaban J connectivity index is 0.00000353. The SMILES string of the molecule is C=Cc1c2[n-]c(c1C)/C=C1\[N-]/C(=C3\c4[n-]c(c(C)c4C(=O)[C@@H]3C(=O)OC)/C=c3\[n-]/c(c(C)c3CC)=C\2)[C@@H](C[CH2-])[C@@H]1C.[Mg+2]. The fraction of sp³-hybridized carbons (Fsp3) is 0.324. The molecule has 1 saturated heterocycles. The predicted octanol–water partition coefficient (Wildman–Crippen LogP) is 3.88. The molecule has 0 amide bonds. The molecule has 8 bridgehead atoms. The van der Waals surface area contributed by atoms with Gasteiger partial charge in [0, 0.05) is 5.56 Å². The third kappa shape index (κ3) is 4.21. The normalized spacial score (nSPS) is 25.0. The first kappa shape index (κ1) is 30.0. The minimum atomic E-state index is -1.10. The molecule has 0 saturated carbocycles. The van der Waals surface area contributed by atoms with E-state index in [0.717, 1.165) is 62.0 Å². The van der Waals surface area contributed by atoms with Gasteiger partial charge in [0.25, 0.3) is 0 Å². The zero-order valence-electron chi connectivity index (χ0n) is 25.1. The second-order valence-electron chi connectivity index (χ2n) is 11.1. The van der Waals surface area contributed by atoms with E-state index in [9.17, 15) is 9.59 Å². The summed E-state index contributed by atoms with van der Waals surface area (Å²) in [4.78, 5) is 41.9. The van der Waals surface area contributed by atoms with Gasteiger partial charge in [-0.2, -0.15) is 17.8 Å². The number of allylic oxidation sites excluding steroid dienone is 2. The van der Waals surface area contributed by atoms with Crippen molar-refractivity contribution >= 4 is 64.7 Å². The first-order valence-electron chi connectivity index (χ1n) is 14.1. The minimum absolute atomic E-state index is 0. The number of rotatable bonds is 4. The molecule has 2 aliphatic heterocycles. The number of fused-ring (bicyclic) bond motifs is 7. The van der Waals surface area contributed by atoms with Crippen molar-refractivity contribution in [3.05, 3.63) is 97.1 Å². The van der Waals surface area contributed by atoms with Crippen molar-refractivity contribution in [2.24, 2.45) is 17.8 Å². The Morgan fingerprint density at radius 2 is 1.71 bits per heavy atom. The van der Waals surface area contributed by atoms with E-state index in [1.54, 1.807) is 0 Å². The number of aromatic nitrogens is 3. The number of nitrogens with zero attached hydrogens (tertiary/aromatic N) is 4. The number of hydrogen-bond donors (Lipinski definition) is 0. The summed E-state index contributed by atoms with van der Waals surface area (Å²) in [5.74, 6) is -2.11. The number of carbonyl (C=O) groups excluding carboxylic acids is 2. The van der Waals surface area contributed by atoms with E-state index in [1.165, 1.54) is 7.11 Å². The van der Waals surface area contributed by atoms with Crippen molar-refractivity contribution in [2.45, 2.75) is 47.5 Å². The number of Topliss-reactive ketones (excluding diaryl/α,β-unsaturated/α-hetero) is 1. The van der Waals surface area contributed by atoms with Gasteiger partial charge >= 0.3 is 29.0 Å². The van der Waals surface area contributed by atoms with Crippen LogP contribution in [-0.2, 0) is 16.0 Å². The average molecular weight is 570 g/mol. The summed E-state index contributed by atoms with van der Waals surface area (Å²) in [5.41, 5.74) is 10.2. The number of carbonyl (C=O) groups is 2. The van der Waals surface area contributed by atoms with Gasteiger partial charge in [-0.05, 0) is 38.7 Å². The number of hydrogen-bond acceptors (Lipinski definition) is 3. The molecule has 3 aromatic rings. The molecule has 3 aromatic heterocycles. The van der Waals surface area contributed by atoms with E-state index < -0.39 is 11.9 Å². The Morgan fingerprint density at radius 1 is 1.02 bits per heavy atom. The van der Waals surface area contributed by atoms with Gasteiger partial charge in [-0.25, -0.2) is 0 Å². The van der Waals surface area contributed by atoms with Crippen molar-refractivity contribution in [1.29, 1.82) is 0 Å². The number of methoxy groups -OCH3 is 1. The van der Waals surface area contributed by atoms with E-state index in [-0.39, 0.29) is 40.7 Å². The standard InChI is InChI=1S/C34H34N4O3.Mg/c1-9-19-15(4)22-12-24-17(6)21(11-3)31(37-24)29-30(34(40)41-8)33(39)28-18(7)25(38-32(28)29)14-27-20(10-2)16(5)23(36-27)13-26(19)35-22;/h9,12-14,17,21,30H,1,3,10-11H2,2,4-8H3,(H-,37,38,39);/q-4;+2/p-1/b23-13-,24-12-,27-14-;/t17-,21-,30+;/m0./s1. The summed E-state index contributed by atoms with van der Waals surface area (Å²) < 4.78 is 5.13. The van der Waals surface area contributed by atoms with E-state index in [4.69, 9.17) is 25.0 Å². The monoisotopic (exact) mass is 569 g/mol. The quantitative estimate of drug-likeness (QED) is 0.205. The molecule has 0 unspecified atom stereocenters. The molecule has 1 aliphatic carbocycles. The molecular formula is C34H33MgN4O3-3. The molecule has 8 heteroatoms. The van der Waals surface area contributed by atoms with E-state index in [0.29, 0.717) is 34.6 Å². The van der Waals surface area contributed by atoms with E-state index in [2.05, 4.69) is 34.3 Å². The van der Waals surface area contributed by atoms with Gasteiger partial charge in [0.05, 0.1) is 7.11 Å². The van der Waals surface area contributed by atoms with Crippen LogP contribution in [-0.4, -0.2) is 41.9 Å². The van der Waals surface area contributed by atoms with Crippen molar-refractivity contribution < 1.29 is 14.3 Å². The number of ketones is 1. The zero-order valence-corrected chi connectivity index (χ0v) is 26.5. The van der Waals surface area contributed by atoms with Crippen molar-refractivity contribution in [2.75, 3.05) is 7.11 Å². The molecule has 0 spiro atoms. The summed E-state index contributed by atoms with van der Waals surface area (Å²) in [7, 11) is 1.31. The Hall–Kier alpha value is -3.49. The second-order valence-corrected chi connectivity index (χ2v) is 11.1. The first-order valence-corrected chi connectivity index (χ1v) is 14.1. The van der Waals surface area contributed by atoms with E-state index in [1.807, 2.05) is 38.2 Å². The Kier molecular flexibility index (Phi) is 7.83. The van der Waals surface area contributed by atoms with Gasteiger partial charge < -0.3 is 31.9 Å². The third-order valence-corrected chi connectivity index (χ3v) is 9.06. The van der Waals surface area contributed by atoms with Crippen LogP contribution in [0.2, 0.25) is 0 Å². The Bertz CT molecular complexity index is 1840. The summed E-state index contributed by atoms with van der Waals surface area (Å²) in [5, 5.41) is 6.75. The molecule has 42 heavy (non-hydrogen) atoms. The Labute approximate surface area is 262 Å². The smallest absolute Gasteiger partial charge is 0.664 e. The molecule has 5 heterocycles. The van der Waals surface area contributed by atoms with E-state index >= 15 is 0 Å². The third-order valence-electron chi connectivity index (χ3n) is 9.06. The van der Waals surface area contributed by atoms with Crippen LogP contribution in [0.15, 0.2) is 18.0 Å². The molecule has 0 N–H and O–H groups in total. The summed E-state index contributed by atoms with van der Waals surface area (Å²) in [6.45, 7) is 18.5. The molecule has 7 nitrogen and oxygen atoms in total. The molecule has 6 rings (SSSR count). The Morgan fingerprint density at radius 3 is 2.36 bits per heavy atom. The molecule has 1 fully saturated rings. The zero-order chi connectivity index (χ0) is 29.3. The van der Waals surface area contributed by atoms with Gasteiger partial charge in [0.2, 0.25) is 0 Å². The maximum atomic E-state index is 13.9. The first-order chi connectivity index (χ1) is 19.6. The fourth-order valence-corrected chi connectivity index (χ4v) is 6.65. The average Bonchev–Trinajstić information content (AvgIpc) is 3.69. The maximum Gasteiger partial charge on any atom is 2.00 e. The molecule has 3 aliphatic rings. The molecule has 3 atom stereocenters. The van der Waals surface area contributed by atoms with Crippen molar-refractivity contribution in [3.8, 4) is 0 Å². The van der Waals surface area contributed by atoms with Crippen LogP contribution in [0, 0.1) is 45.4 Å². The van der Waals surface area contributed by atoms with Gasteiger partial charge in [0.1, 0.15) is 5.92 Å². The van der Waals surface area contributed by atoms with Crippen LogP contribution in [0.25, 0.3) is 35.2 Å². The van der Waals surface area contributed by atoms with Crippen LogP contribution in [0.4, 0.5) is 0 Å². The van der Waals surface area contributed by atoms with Crippen LogP contribution >= 0.6 is 0 Å². The van der Waals surface area contributed by atoms with Crippen LogP contribution in [0.5, 0.6) is 0 Å². The topological polar surface area (TPSA) is 99.8 Å².